The van der Waals surface area contributed by atoms with E-state index in [1.807, 2.05) is 13.8 Å². The molecule has 0 saturated heterocycles. The van der Waals surface area contributed by atoms with Gasteiger partial charge in [0.15, 0.2) is 0 Å². The topological polar surface area (TPSA) is 55.4 Å². The van der Waals surface area contributed by atoms with Crippen LogP contribution in [0.3, 0.4) is 0 Å². The van der Waals surface area contributed by atoms with Gasteiger partial charge in [-0.2, -0.15) is 0 Å². The van der Waals surface area contributed by atoms with Gasteiger partial charge in [-0.3, -0.25) is 9.59 Å². The largest absolute Gasteiger partial charge is 0.469 e. The maximum absolute atomic E-state index is 11.6. The molecule has 0 aliphatic heterocycles. The maximum atomic E-state index is 11.6. The van der Waals surface area contributed by atoms with Crippen molar-refractivity contribution in [3.05, 3.63) is 0 Å². The smallest absolute Gasteiger partial charge is 0.311 e. The van der Waals surface area contributed by atoms with E-state index in [9.17, 15) is 9.59 Å². The molecule has 0 atom stereocenters. The van der Waals surface area contributed by atoms with E-state index >= 15 is 0 Å². The normalized spacial score (nSPS) is 12.1. The molecule has 0 unspecified atom stereocenters. The van der Waals surface area contributed by atoms with Gasteiger partial charge in [0.1, 0.15) is 0 Å². The summed E-state index contributed by atoms with van der Waals surface area (Å²) in [5, 5.41) is 2.59. The Morgan fingerprint density at radius 1 is 1.13 bits per heavy atom. The van der Waals surface area contributed by atoms with E-state index in [1.165, 1.54) is 7.11 Å². The summed E-state index contributed by atoms with van der Waals surface area (Å²) in [6.45, 7) is 7.19. The van der Waals surface area contributed by atoms with Crippen LogP contribution in [-0.2, 0) is 14.3 Å². The van der Waals surface area contributed by atoms with Crippen LogP contribution in [0.2, 0.25) is 0 Å². The average Bonchev–Trinajstić information content (AvgIpc) is 2.13. The van der Waals surface area contributed by atoms with Gasteiger partial charge in [0.2, 0.25) is 5.91 Å². The lowest BCUT2D eigenvalue weighted by atomic mass is 9.74. The molecule has 4 heteroatoms. The van der Waals surface area contributed by atoms with Crippen LogP contribution in [0.1, 0.15) is 34.1 Å². The molecule has 15 heavy (non-hydrogen) atoms. The SMILES string of the molecule is CNC(=O)C(C)(C)CC(C)(C)C(=O)OC. The molecule has 1 amide bonds. The highest BCUT2D eigenvalue weighted by atomic mass is 16.5. The summed E-state index contributed by atoms with van der Waals surface area (Å²) in [5.41, 5.74) is -1.23. The molecule has 0 aromatic heterocycles. The standard InChI is InChI=1S/C11H21NO3/c1-10(2,8(13)12-5)7-11(3,4)9(14)15-6/h7H2,1-6H3,(H,12,13). The third kappa shape index (κ3) is 3.53. The molecule has 0 aromatic rings. The summed E-state index contributed by atoms with van der Waals surface area (Å²) in [7, 11) is 2.95. The van der Waals surface area contributed by atoms with Crippen molar-refractivity contribution in [1.82, 2.24) is 5.32 Å². The Morgan fingerprint density at radius 2 is 1.60 bits per heavy atom. The number of ether oxygens (including phenoxy) is 1. The molecular formula is C11H21NO3. The lowest BCUT2D eigenvalue weighted by Gasteiger charge is -2.31. The Hall–Kier alpha value is -1.06. The van der Waals surface area contributed by atoms with Gasteiger partial charge in [-0.15, -0.1) is 0 Å². The van der Waals surface area contributed by atoms with Crippen molar-refractivity contribution in [1.29, 1.82) is 0 Å². The molecule has 0 radical (unpaired) electrons. The number of hydrogen-bond acceptors (Lipinski definition) is 3. The zero-order valence-electron chi connectivity index (χ0n) is 10.4. The van der Waals surface area contributed by atoms with Crippen molar-refractivity contribution >= 4 is 11.9 Å². The van der Waals surface area contributed by atoms with Gasteiger partial charge in [0, 0.05) is 12.5 Å². The van der Waals surface area contributed by atoms with Crippen LogP contribution >= 0.6 is 0 Å². The van der Waals surface area contributed by atoms with Crippen LogP contribution in [0.4, 0.5) is 0 Å². The van der Waals surface area contributed by atoms with Gasteiger partial charge in [-0.25, -0.2) is 0 Å². The lowest BCUT2D eigenvalue weighted by Crippen LogP contribution is -2.40. The summed E-state index contributed by atoms with van der Waals surface area (Å²) >= 11 is 0. The molecule has 0 aliphatic rings. The van der Waals surface area contributed by atoms with Gasteiger partial charge in [0.25, 0.3) is 0 Å². The molecular weight excluding hydrogens is 194 g/mol. The number of rotatable bonds is 4. The summed E-state index contributed by atoms with van der Waals surface area (Å²) in [6.07, 6.45) is 0.451. The van der Waals surface area contributed by atoms with E-state index in [-0.39, 0.29) is 11.9 Å². The summed E-state index contributed by atoms with van der Waals surface area (Å²) < 4.78 is 4.70. The van der Waals surface area contributed by atoms with Gasteiger partial charge >= 0.3 is 5.97 Å². The summed E-state index contributed by atoms with van der Waals surface area (Å²) in [6, 6.07) is 0. The van der Waals surface area contributed by atoms with Crippen molar-refractivity contribution in [2.45, 2.75) is 34.1 Å². The maximum Gasteiger partial charge on any atom is 0.311 e. The zero-order valence-corrected chi connectivity index (χ0v) is 10.4. The molecule has 0 spiro atoms. The summed E-state index contributed by atoms with van der Waals surface area (Å²) in [4.78, 5) is 23.0. The first-order valence-corrected chi connectivity index (χ1v) is 4.98. The molecule has 0 saturated carbocycles. The highest BCUT2D eigenvalue weighted by Crippen LogP contribution is 2.34. The zero-order chi connectivity index (χ0) is 12.3. The Morgan fingerprint density at radius 3 is 1.93 bits per heavy atom. The van der Waals surface area contributed by atoms with E-state index in [0.717, 1.165) is 0 Å². The number of esters is 1. The molecule has 0 aromatic carbocycles. The van der Waals surface area contributed by atoms with Gasteiger partial charge < -0.3 is 10.1 Å². The Kier molecular flexibility index (Phi) is 4.31. The Balaban J connectivity index is 4.71. The predicted molar refractivity (Wildman–Crippen MR) is 58.3 cm³/mol. The number of methoxy groups -OCH3 is 1. The highest BCUT2D eigenvalue weighted by Gasteiger charge is 2.39. The number of amides is 1. The van der Waals surface area contributed by atoms with Crippen LogP contribution in [-0.4, -0.2) is 26.0 Å². The average molecular weight is 215 g/mol. The number of carbonyl (C=O) groups is 2. The van der Waals surface area contributed by atoms with E-state index in [2.05, 4.69) is 5.32 Å². The first kappa shape index (κ1) is 13.9. The fourth-order valence-electron chi connectivity index (χ4n) is 1.87. The molecule has 88 valence electrons. The van der Waals surface area contributed by atoms with E-state index in [0.29, 0.717) is 6.42 Å². The minimum absolute atomic E-state index is 0.0699. The quantitative estimate of drug-likeness (QED) is 0.720. The van der Waals surface area contributed by atoms with Crippen LogP contribution in [0, 0.1) is 10.8 Å². The van der Waals surface area contributed by atoms with Crippen LogP contribution < -0.4 is 5.32 Å². The molecule has 4 nitrogen and oxygen atoms in total. The van der Waals surface area contributed by atoms with Crippen LogP contribution in [0.5, 0.6) is 0 Å². The molecule has 0 rings (SSSR count). The minimum Gasteiger partial charge on any atom is -0.469 e. The molecule has 0 bridgehead atoms. The second-order valence-corrected chi connectivity index (χ2v) is 5.02. The van der Waals surface area contributed by atoms with Gasteiger partial charge in [-0.1, -0.05) is 13.8 Å². The van der Waals surface area contributed by atoms with Crippen molar-refractivity contribution in [3.8, 4) is 0 Å². The first-order valence-electron chi connectivity index (χ1n) is 4.98. The van der Waals surface area contributed by atoms with Crippen molar-refractivity contribution < 1.29 is 14.3 Å². The summed E-state index contributed by atoms with van der Waals surface area (Å²) in [5.74, 6) is -0.362. The fraction of sp³-hybridized carbons (Fsp3) is 0.818. The Labute approximate surface area is 91.4 Å². The predicted octanol–water partition coefficient (Wildman–Crippen LogP) is 1.35. The third-order valence-corrected chi connectivity index (χ3v) is 2.46. The van der Waals surface area contributed by atoms with E-state index < -0.39 is 10.8 Å². The van der Waals surface area contributed by atoms with E-state index in [4.69, 9.17) is 4.74 Å². The molecule has 0 aliphatic carbocycles. The fourth-order valence-corrected chi connectivity index (χ4v) is 1.87. The van der Waals surface area contributed by atoms with Gasteiger partial charge in [-0.05, 0) is 20.3 Å². The molecule has 0 fully saturated rings. The highest BCUT2D eigenvalue weighted by molar-refractivity contribution is 5.83. The van der Waals surface area contributed by atoms with Crippen molar-refractivity contribution in [2.75, 3.05) is 14.2 Å². The number of carbonyl (C=O) groups excluding carboxylic acids is 2. The van der Waals surface area contributed by atoms with Gasteiger partial charge in [0.05, 0.1) is 12.5 Å². The van der Waals surface area contributed by atoms with E-state index in [1.54, 1.807) is 20.9 Å². The Bertz CT molecular complexity index is 231. The van der Waals surface area contributed by atoms with Crippen LogP contribution in [0.25, 0.3) is 0 Å². The lowest BCUT2D eigenvalue weighted by molar-refractivity contribution is -0.153. The van der Waals surface area contributed by atoms with Crippen LogP contribution in [0.15, 0.2) is 0 Å². The second-order valence-electron chi connectivity index (χ2n) is 5.02. The first-order chi connectivity index (χ1) is 6.67. The third-order valence-electron chi connectivity index (χ3n) is 2.46. The second kappa shape index (κ2) is 4.64. The number of nitrogens with one attached hydrogen (secondary N) is 1. The van der Waals surface area contributed by atoms with Crippen molar-refractivity contribution in [3.63, 3.8) is 0 Å². The monoisotopic (exact) mass is 215 g/mol. The van der Waals surface area contributed by atoms with Crippen molar-refractivity contribution in [2.24, 2.45) is 10.8 Å². The minimum atomic E-state index is -0.648. The number of hydrogen-bond donors (Lipinski definition) is 1. The molecule has 1 N–H and O–H groups in total. The molecule has 0 heterocycles.